The minimum absolute atomic E-state index is 0.649. The zero-order chi connectivity index (χ0) is 32.7. The van der Waals surface area contributed by atoms with Crippen LogP contribution in [0.15, 0.2) is 121 Å². The predicted octanol–water partition coefficient (Wildman–Crippen LogP) is 11.7. The van der Waals surface area contributed by atoms with Crippen LogP contribution in [0.5, 0.6) is 11.5 Å². The standard InChI is InChI=1S/C43H43NO3/c1-3-5-31-46-42-27-17-36(18-28-42)9-7-34-11-21-39(22-12-34)44(41-25-15-38(33-45)16-26-41)40-23-13-35(14-24-40)8-10-37-19-29-43(30-20-37)47-32-6-4-2/h7-30,33H,3-6,31-32H2,1-2H3. The van der Waals surface area contributed by atoms with Crippen molar-refractivity contribution in [2.75, 3.05) is 18.1 Å². The lowest BCUT2D eigenvalue weighted by Gasteiger charge is -2.25. The maximum absolute atomic E-state index is 11.3. The fourth-order valence-corrected chi connectivity index (χ4v) is 5.02. The van der Waals surface area contributed by atoms with E-state index in [9.17, 15) is 4.79 Å². The van der Waals surface area contributed by atoms with Crippen LogP contribution in [0.3, 0.4) is 0 Å². The molecule has 5 aromatic rings. The first kappa shape index (κ1) is 33.0. The van der Waals surface area contributed by atoms with E-state index >= 15 is 0 Å². The first-order valence-corrected chi connectivity index (χ1v) is 16.5. The van der Waals surface area contributed by atoms with Gasteiger partial charge in [-0.15, -0.1) is 0 Å². The van der Waals surface area contributed by atoms with Crippen LogP contribution < -0.4 is 14.4 Å². The minimum Gasteiger partial charge on any atom is -0.494 e. The largest absolute Gasteiger partial charge is 0.494 e. The Morgan fingerprint density at radius 2 is 0.745 bits per heavy atom. The van der Waals surface area contributed by atoms with Gasteiger partial charge in [-0.2, -0.15) is 0 Å². The summed E-state index contributed by atoms with van der Waals surface area (Å²) in [5.41, 5.74) is 8.13. The van der Waals surface area contributed by atoms with Crippen molar-refractivity contribution >= 4 is 47.7 Å². The fourth-order valence-electron chi connectivity index (χ4n) is 5.02. The molecule has 0 radical (unpaired) electrons. The van der Waals surface area contributed by atoms with Gasteiger partial charge in [-0.25, -0.2) is 0 Å². The number of benzene rings is 5. The molecule has 0 bridgehead atoms. The van der Waals surface area contributed by atoms with Gasteiger partial charge in [-0.05, 0) is 108 Å². The molecule has 0 aromatic heterocycles. The smallest absolute Gasteiger partial charge is 0.150 e. The Bertz CT molecular complexity index is 1610. The first-order chi connectivity index (χ1) is 23.1. The van der Waals surface area contributed by atoms with Crippen LogP contribution in [-0.4, -0.2) is 19.5 Å². The van der Waals surface area contributed by atoms with Crippen LogP contribution in [0.1, 0.15) is 72.1 Å². The fraction of sp³-hybridized carbons (Fsp3) is 0.186. The SMILES string of the molecule is CCCCOc1ccc(C=Cc2ccc(N(c3ccc(C=O)cc3)c3ccc(C=Cc4ccc(OCCCC)cc4)cc3)cc2)cc1. The molecule has 0 saturated heterocycles. The molecule has 0 atom stereocenters. The summed E-state index contributed by atoms with van der Waals surface area (Å²) in [5, 5.41) is 0. The summed E-state index contributed by atoms with van der Waals surface area (Å²) in [6.45, 7) is 5.83. The molecule has 0 fully saturated rings. The number of hydrogen-bond acceptors (Lipinski definition) is 4. The second-order valence-corrected chi connectivity index (χ2v) is 11.4. The molecule has 0 aliphatic carbocycles. The van der Waals surface area contributed by atoms with E-state index in [4.69, 9.17) is 9.47 Å². The summed E-state index contributed by atoms with van der Waals surface area (Å²) in [4.78, 5) is 13.5. The van der Waals surface area contributed by atoms with Gasteiger partial charge >= 0.3 is 0 Å². The van der Waals surface area contributed by atoms with Crippen molar-refractivity contribution in [2.45, 2.75) is 39.5 Å². The second kappa shape index (κ2) is 17.4. The third-order valence-corrected chi connectivity index (χ3v) is 7.82. The minimum atomic E-state index is 0.649. The molecule has 238 valence electrons. The normalized spacial score (nSPS) is 11.2. The van der Waals surface area contributed by atoms with E-state index in [2.05, 4.69) is 116 Å². The maximum Gasteiger partial charge on any atom is 0.150 e. The third-order valence-electron chi connectivity index (χ3n) is 7.82. The highest BCUT2D eigenvalue weighted by Crippen LogP contribution is 2.35. The zero-order valence-electron chi connectivity index (χ0n) is 27.3. The van der Waals surface area contributed by atoms with Crippen molar-refractivity contribution in [3.63, 3.8) is 0 Å². The van der Waals surface area contributed by atoms with E-state index in [0.29, 0.717) is 5.56 Å². The molecule has 0 N–H and O–H groups in total. The van der Waals surface area contributed by atoms with Gasteiger partial charge in [0, 0.05) is 22.6 Å². The molecular formula is C43H43NO3. The molecule has 0 spiro atoms. The van der Waals surface area contributed by atoms with Gasteiger partial charge in [0.05, 0.1) is 13.2 Å². The number of hydrogen-bond donors (Lipinski definition) is 0. The Labute approximate surface area is 279 Å². The highest BCUT2D eigenvalue weighted by molar-refractivity contribution is 5.82. The van der Waals surface area contributed by atoms with Crippen LogP contribution in [0.4, 0.5) is 17.1 Å². The lowest BCUT2D eigenvalue weighted by atomic mass is 10.1. The van der Waals surface area contributed by atoms with E-state index in [1.165, 1.54) is 0 Å². The van der Waals surface area contributed by atoms with E-state index in [0.717, 1.165) is 96.0 Å². The topological polar surface area (TPSA) is 38.8 Å². The number of unbranched alkanes of at least 4 members (excludes halogenated alkanes) is 2. The van der Waals surface area contributed by atoms with Crippen LogP contribution >= 0.6 is 0 Å². The van der Waals surface area contributed by atoms with Crippen molar-refractivity contribution in [3.8, 4) is 11.5 Å². The summed E-state index contributed by atoms with van der Waals surface area (Å²) < 4.78 is 11.6. The average Bonchev–Trinajstić information content (AvgIpc) is 3.12. The molecule has 4 heteroatoms. The Morgan fingerprint density at radius 1 is 0.447 bits per heavy atom. The summed E-state index contributed by atoms with van der Waals surface area (Å²) >= 11 is 0. The molecule has 0 unspecified atom stereocenters. The molecule has 4 nitrogen and oxygen atoms in total. The summed E-state index contributed by atoms with van der Waals surface area (Å²) in [6, 6.07) is 41.1. The summed E-state index contributed by atoms with van der Waals surface area (Å²) in [5.74, 6) is 1.81. The van der Waals surface area contributed by atoms with E-state index in [1.807, 2.05) is 48.5 Å². The van der Waals surface area contributed by atoms with Gasteiger partial charge in [0.15, 0.2) is 0 Å². The number of carbonyl (C=O) groups is 1. The third kappa shape index (κ3) is 9.82. The number of ether oxygens (including phenoxy) is 2. The highest BCUT2D eigenvalue weighted by atomic mass is 16.5. The van der Waals surface area contributed by atoms with Gasteiger partial charge in [0.1, 0.15) is 17.8 Å². The molecule has 0 aliphatic heterocycles. The van der Waals surface area contributed by atoms with E-state index in [1.54, 1.807) is 0 Å². The number of nitrogens with zero attached hydrogens (tertiary/aromatic N) is 1. The lowest BCUT2D eigenvalue weighted by Crippen LogP contribution is -2.10. The molecule has 0 amide bonds. The Balaban J connectivity index is 1.30. The van der Waals surface area contributed by atoms with Gasteiger partial charge in [-0.1, -0.05) is 99.5 Å². The Kier molecular flexibility index (Phi) is 12.2. The molecular weight excluding hydrogens is 578 g/mol. The molecule has 0 heterocycles. The number of rotatable bonds is 16. The summed E-state index contributed by atoms with van der Waals surface area (Å²) in [7, 11) is 0. The molecule has 0 saturated carbocycles. The van der Waals surface area contributed by atoms with Crippen LogP contribution in [0.2, 0.25) is 0 Å². The average molecular weight is 622 g/mol. The van der Waals surface area contributed by atoms with Crippen molar-refractivity contribution in [3.05, 3.63) is 149 Å². The Morgan fingerprint density at radius 3 is 1.04 bits per heavy atom. The van der Waals surface area contributed by atoms with Crippen LogP contribution in [0, 0.1) is 0 Å². The van der Waals surface area contributed by atoms with Gasteiger partial charge < -0.3 is 14.4 Å². The van der Waals surface area contributed by atoms with E-state index < -0.39 is 0 Å². The van der Waals surface area contributed by atoms with Crippen LogP contribution in [0.25, 0.3) is 24.3 Å². The number of carbonyl (C=O) groups excluding carboxylic acids is 1. The van der Waals surface area contributed by atoms with Gasteiger partial charge in [0.25, 0.3) is 0 Å². The van der Waals surface area contributed by atoms with Crippen LogP contribution in [-0.2, 0) is 0 Å². The quantitative estimate of drug-likeness (QED) is 0.0624. The molecule has 47 heavy (non-hydrogen) atoms. The number of aldehydes is 1. The van der Waals surface area contributed by atoms with Gasteiger partial charge in [-0.3, -0.25) is 4.79 Å². The highest BCUT2D eigenvalue weighted by Gasteiger charge is 2.12. The van der Waals surface area contributed by atoms with E-state index in [-0.39, 0.29) is 0 Å². The van der Waals surface area contributed by atoms with Crippen molar-refractivity contribution in [1.82, 2.24) is 0 Å². The monoisotopic (exact) mass is 621 g/mol. The molecule has 0 aliphatic rings. The molecule has 5 aromatic carbocycles. The van der Waals surface area contributed by atoms with Gasteiger partial charge in [0.2, 0.25) is 0 Å². The first-order valence-electron chi connectivity index (χ1n) is 16.5. The molecule has 5 rings (SSSR count). The second-order valence-electron chi connectivity index (χ2n) is 11.4. The van der Waals surface area contributed by atoms with Crippen molar-refractivity contribution in [2.24, 2.45) is 0 Å². The zero-order valence-corrected chi connectivity index (χ0v) is 27.3. The number of anilines is 3. The predicted molar refractivity (Wildman–Crippen MR) is 198 cm³/mol. The lowest BCUT2D eigenvalue weighted by molar-refractivity contribution is 0.112. The van der Waals surface area contributed by atoms with Crippen molar-refractivity contribution < 1.29 is 14.3 Å². The summed E-state index contributed by atoms with van der Waals surface area (Å²) in [6.07, 6.45) is 13.7. The maximum atomic E-state index is 11.3. The Hall–Kier alpha value is -5.35. The van der Waals surface area contributed by atoms with Crippen molar-refractivity contribution in [1.29, 1.82) is 0 Å².